The molecule has 0 amide bonds. The fourth-order valence-corrected chi connectivity index (χ4v) is 2.72. The summed E-state index contributed by atoms with van der Waals surface area (Å²) >= 11 is 0. The highest BCUT2D eigenvalue weighted by molar-refractivity contribution is 5.24. The van der Waals surface area contributed by atoms with Crippen LogP contribution >= 0.6 is 0 Å². The highest BCUT2D eigenvalue weighted by Crippen LogP contribution is 2.29. The lowest BCUT2D eigenvalue weighted by Gasteiger charge is -2.23. The molecule has 1 unspecified atom stereocenters. The van der Waals surface area contributed by atoms with Gasteiger partial charge in [-0.05, 0) is 26.2 Å². The Hall–Kier alpha value is -1.62. The number of hydrogen-bond donors (Lipinski definition) is 2. The van der Waals surface area contributed by atoms with E-state index in [9.17, 15) is 0 Å². The smallest absolute Gasteiger partial charge is 0.120 e. The fourth-order valence-electron chi connectivity index (χ4n) is 2.72. The van der Waals surface area contributed by atoms with Gasteiger partial charge in [-0.3, -0.25) is 4.68 Å². The SMILES string of the molecule is CCn1ncc2c1CCCC2NCc1ncc[nH]1. The van der Waals surface area contributed by atoms with Gasteiger partial charge in [0.2, 0.25) is 0 Å². The number of aromatic amines is 1. The summed E-state index contributed by atoms with van der Waals surface area (Å²) in [5.41, 5.74) is 2.77. The molecule has 0 aromatic carbocycles. The highest BCUT2D eigenvalue weighted by atomic mass is 15.3. The van der Waals surface area contributed by atoms with E-state index in [1.165, 1.54) is 24.1 Å². The number of aryl methyl sites for hydroxylation is 1. The summed E-state index contributed by atoms with van der Waals surface area (Å²) in [5, 5.41) is 8.04. The van der Waals surface area contributed by atoms with E-state index in [2.05, 4.69) is 32.0 Å². The first-order chi connectivity index (χ1) is 8.88. The summed E-state index contributed by atoms with van der Waals surface area (Å²) in [6.45, 7) is 3.89. The molecule has 5 heteroatoms. The number of imidazole rings is 1. The third-order valence-corrected chi connectivity index (χ3v) is 3.63. The molecule has 0 radical (unpaired) electrons. The Morgan fingerprint density at radius 1 is 1.56 bits per heavy atom. The maximum absolute atomic E-state index is 4.46. The van der Waals surface area contributed by atoms with Crippen molar-refractivity contribution < 1.29 is 0 Å². The van der Waals surface area contributed by atoms with Crippen LogP contribution in [-0.4, -0.2) is 19.7 Å². The Bertz CT molecular complexity index is 499. The number of H-pyrrole nitrogens is 1. The third-order valence-electron chi connectivity index (χ3n) is 3.63. The van der Waals surface area contributed by atoms with E-state index in [0.717, 1.165) is 25.3 Å². The Kier molecular flexibility index (Phi) is 3.15. The van der Waals surface area contributed by atoms with Crippen molar-refractivity contribution in [2.24, 2.45) is 0 Å². The van der Waals surface area contributed by atoms with Crippen molar-refractivity contribution in [1.82, 2.24) is 25.1 Å². The van der Waals surface area contributed by atoms with E-state index < -0.39 is 0 Å². The van der Waals surface area contributed by atoms with E-state index >= 15 is 0 Å². The molecule has 0 fully saturated rings. The van der Waals surface area contributed by atoms with Crippen LogP contribution in [0.3, 0.4) is 0 Å². The molecule has 2 aromatic heterocycles. The van der Waals surface area contributed by atoms with Gasteiger partial charge >= 0.3 is 0 Å². The van der Waals surface area contributed by atoms with Crippen LogP contribution in [0.4, 0.5) is 0 Å². The molecule has 3 rings (SSSR count). The second-order valence-electron chi connectivity index (χ2n) is 4.72. The van der Waals surface area contributed by atoms with E-state index in [1.54, 1.807) is 6.20 Å². The van der Waals surface area contributed by atoms with Gasteiger partial charge < -0.3 is 10.3 Å². The largest absolute Gasteiger partial charge is 0.348 e. The van der Waals surface area contributed by atoms with Gasteiger partial charge in [0.25, 0.3) is 0 Å². The maximum Gasteiger partial charge on any atom is 0.120 e. The number of fused-ring (bicyclic) bond motifs is 1. The van der Waals surface area contributed by atoms with Crippen molar-refractivity contribution in [1.29, 1.82) is 0 Å². The summed E-state index contributed by atoms with van der Waals surface area (Å²) in [7, 11) is 0. The van der Waals surface area contributed by atoms with Crippen molar-refractivity contribution in [3.8, 4) is 0 Å². The van der Waals surface area contributed by atoms with Gasteiger partial charge in [0.1, 0.15) is 5.82 Å². The molecule has 1 atom stereocenters. The van der Waals surface area contributed by atoms with E-state index in [1.807, 2.05) is 12.4 Å². The molecule has 2 aromatic rings. The molecule has 2 N–H and O–H groups in total. The molecule has 1 aliphatic carbocycles. The third kappa shape index (κ3) is 2.06. The van der Waals surface area contributed by atoms with Crippen LogP contribution in [0.15, 0.2) is 18.6 Å². The molecule has 5 nitrogen and oxygen atoms in total. The molecule has 18 heavy (non-hydrogen) atoms. The van der Waals surface area contributed by atoms with Crippen molar-refractivity contribution >= 4 is 0 Å². The lowest BCUT2D eigenvalue weighted by molar-refractivity contribution is 0.443. The second kappa shape index (κ2) is 4.94. The van der Waals surface area contributed by atoms with Crippen LogP contribution in [0, 0.1) is 0 Å². The molecule has 96 valence electrons. The van der Waals surface area contributed by atoms with E-state index in [4.69, 9.17) is 0 Å². The monoisotopic (exact) mass is 245 g/mol. The van der Waals surface area contributed by atoms with Gasteiger partial charge in [0.15, 0.2) is 0 Å². The van der Waals surface area contributed by atoms with E-state index in [0.29, 0.717) is 6.04 Å². The number of aromatic nitrogens is 4. The average molecular weight is 245 g/mol. The predicted molar refractivity (Wildman–Crippen MR) is 69.0 cm³/mol. The number of hydrogen-bond acceptors (Lipinski definition) is 3. The van der Waals surface area contributed by atoms with Gasteiger partial charge in [-0.1, -0.05) is 0 Å². The predicted octanol–water partition coefficient (Wildman–Crippen LogP) is 1.79. The summed E-state index contributed by atoms with van der Waals surface area (Å²) in [6.07, 6.45) is 9.24. The fraction of sp³-hybridized carbons (Fsp3) is 0.538. The molecule has 2 heterocycles. The number of nitrogens with zero attached hydrogens (tertiary/aromatic N) is 3. The Labute approximate surface area is 107 Å². The van der Waals surface area contributed by atoms with Crippen LogP contribution in [0.2, 0.25) is 0 Å². The van der Waals surface area contributed by atoms with Crippen molar-refractivity contribution in [2.45, 2.75) is 45.3 Å². The van der Waals surface area contributed by atoms with Crippen molar-refractivity contribution in [2.75, 3.05) is 0 Å². The average Bonchev–Trinajstić information content (AvgIpc) is 3.05. The summed E-state index contributed by atoms with van der Waals surface area (Å²) in [5.74, 6) is 0.991. The topological polar surface area (TPSA) is 58.5 Å². The molecule has 0 aliphatic heterocycles. The Morgan fingerprint density at radius 2 is 2.50 bits per heavy atom. The normalized spacial score (nSPS) is 18.8. The summed E-state index contributed by atoms with van der Waals surface area (Å²) < 4.78 is 2.12. The van der Waals surface area contributed by atoms with Gasteiger partial charge in [0.05, 0.1) is 12.7 Å². The van der Waals surface area contributed by atoms with E-state index in [-0.39, 0.29) is 0 Å². The number of nitrogens with one attached hydrogen (secondary N) is 2. The van der Waals surface area contributed by atoms with Crippen LogP contribution in [0.25, 0.3) is 0 Å². The molecule has 1 aliphatic rings. The van der Waals surface area contributed by atoms with Gasteiger partial charge in [-0.15, -0.1) is 0 Å². The minimum absolute atomic E-state index is 0.416. The lowest BCUT2D eigenvalue weighted by atomic mass is 9.93. The molecular weight excluding hydrogens is 226 g/mol. The zero-order chi connectivity index (χ0) is 12.4. The van der Waals surface area contributed by atoms with Crippen molar-refractivity contribution in [3.63, 3.8) is 0 Å². The quantitative estimate of drug-likeness (QED) is 0.863. The summed E-state index contributed by atoms with van der Waals surface area (Å²) in [6, 6.07) is 0.416. The van der Waals surface area contributed by atoms with Gasteiger partial charge in [-0.2, -0.15) is 5.10 Å². The highest BCUT2D eigenvalue weighted by Gasteiger charge is 2.23. The van der Waals surface area contributed by atoms with Crippen LogP contribution in [0.5, 0.6) is 0 Å². The Balaban J connectivity index is 1.73. The zero-order valence-corrected chi connectivity index (χ0v) is 10.7. The van der Waals surface area contributed by atoms with Crippen molar-refractivity contribution in [3.05, 3.63) is 35.7 Å². The summed E-state index contributed by atoms with van der Waals surface area (Å²) in [4.78, 5) is 7.36. The maximum atomic E-state index is 4.46. The molecule has 0 bridgehead atoms. The first kappa shape index (κ1) is 11.5. The molecule has 0 saturated heterocycles. The number of rotatable bonds is 4. The zero-order valence-electron chi connectivity index (χ0n) is 10.7. The first-order valence-electron chi connectivity index (χ1n) is 6.64. The lowest BCUT2D eigenvalue weighted by Crippen LogP contribution is -2.25. The minimum atomic E-state index is 0.416. The molecule has 0 spiro atoms. The van der Waals surface area contributed by atoms with Crippen LogP contribution in [0.1, 0.15) is 42.9 Å². The Morgan fingerprint density at radius 3 is 3.28 bits per heavy atom. The first-order valence-corrected chi connectivity index (χ1v) is 6.64. The minimum Gasteiger partial charge on any atom is -0.348 e. The van der Waals surface area contributed by atoms with Crippen LogP contribution in [-0.2, 0) is 19.5 Å². The van der Waals surface area contributed by atoms with Gasteiger partial charge in [-0.25, -0.2) is 4.98 Å². The molecule has 0 saturated carbocycles. The van der Waals surface area contributed by atoms with Crippen LogP contribution < -0.4 is 5.32 Å². The molecular formula is C13H19N5. The second-order valence-corrected chi connectivity index (χ2v) is 4.72. The standard InChI is InChI=1S/C13H19N5/c1-2-18-12-5-3-4-11(10(12)8-17-18)16-9-13-14-6-7-15-13/h6-8,11,16H,2-5,9H2,1H3,(H,14,15). The van der Waals surface area contributed by atoms with Gasteiger partial charge in [0, 0.05) is 36.2 Å².